The van der Waals surface area contributed by atoms with Gasteiger partial charge in [-0.2, -0.15) is 10.1 Å². The molecule has 1 aliphatic rings. The highest BCUT2D eigenvalue weighted by molar-refractivity contribution is 6.31. The highest BCUT2D eigenvalue weighted by atomic mass is 35.5. The van der Waals surface area contributed by atoms with Crippen LogP contribution in [-0.2, 0) is 4.79 Å². The number of non-ortho nitro benzene ring substituents is 1. The number of hydrogen-bond donors (Lipinski definition) is 1. The van der Waals surface area contributed by atoms with Crippen molar-refractivity contribution in [3.05, 3.63) is 68.7 Å². The Morgan fingerprint density at radius 3 is 2.81 bits per heavy atom. The largest absolute Gasteiger partial charge is 0.308 e. The van der Waals surface area contributed by atoms with Crippen LogP contribution in [0.25, 0.3) is 0 Å². The van der Waals surface area contributed by atoms with Crippen LogP contribution in [0.1, 0.15) is 22.3 Å². The van der Waals surface area contributed by atoms with E-state index >= 15 is 0 Å². The molecule has 1 aliphatic heterocycles. The number of amidine groups is 1. The van der Waals surface area contributed by atoms with Crippen LogP contribution in [0.4, 0.5) is 11.4 Å². The number of nitrogens with zero attached hydrogens (tertiary/aromatic N) is 3. The summed E-state index contributed by atoms with van der Waals surface area (Å²) >= 11 is 5.97. The molecule has 0 radical (unpaired) electrons. The van der Waals surface area contributed by atoms with Gasteiger partial charge in [0.25, 0.3) is 17.5 Å². The lowest BCUT2D eigenvalue weighted by molar-refractivity contribution is -0.384. The Hall–Kier alpha value is -3.26. The molecule has 0 aliphatic carbocycles. The first-order chi connectivity index (χ1) is 12.3. The van der Waals surface area contributed by atoms with Gasteiger partial charge in [0.15, 0.2) is 0 Å². The van der Waals surface area contributed by atoms with Crippen molar-refractivity contribution in [1.82, 2.24) is 5.32 Å². The first-order valence-electron chi connectivity index (χ1n) is 7.57. The maximum Gasteiger partial charge on any atom is 0.270 e. The third kappa shape index (κ3) is 3.55. The van der Waals surface area contributed by atoms with Crippen molar-refractivity contribution < 1.29 is 14.5 Å². The van der Waals surface area contributed by atoms with Gasteiger partial charge in [0.05, 0.1) is 17.0 Å². The lowest BCUT2D eigenvalue weighted by atomic mass is 10.2. The fourth-order valence-electron chi connectivity index (χ4n) is 2.46. The summed E-state index contributed by atoms with van der Waals surface area (Å²) in [5, 5.41) is 19.1. The number of nitrogens with one attached hydrogen (secondary N) is 1. The molecule has 132 valence electrons. The van der Waals surface area contributed by atoms with Crippen molar-refractivity contribution in [2.24, 2.45) is 5.10 Å². The van der Waals surface area contributed by atoms with E-state index in [4.69, 9.17) is 11.6 Å². The zero-order valence-corrected chi connectivity index (χ0v) is 14.4. The Bertz CT molecular complexity index is 958. The van der Waals surface area contributed by atoms with E-state index in [9.17, 15) is 19.7 Å². The second-order valence-electron chi connectivity index (χ2n) is 5.62. The van der Waals surface area contributed by atoms with Crippen molar-refractivity contribution in [2.45, 2.75) is 13.3 Å². The third-order valence-electron chi connectivity index (χ3n) is 3.75. The quantitative estimate of drug-likeness (QED) is 0.660. The van der Waals surface area contributed by atoms with Gasteiger partial charge in [0.1, 0.15) is 5.84 Å². The number of halogens is 1. The van der Waals surface area contributed by atoms with Crippen molar-refractivity contribution in [3.8, 4) is 0 Å². The number of hydrogen-bond acceptors (Lipinski definition) is 5. The van der Waals surface area contributed by atoms with E-state index in [1.165, 1.54) is 23.2 Å². The monoisotopic (exact) mass is 372 g/mol. The lowest BCUT2D eigenvalue weighted by Crippen LogP contribution is -2.29. The first kappa shape index (κ1) is 17.6. The number of amides is 2. The van der Waals surface area contributed by atoms with E-state index in [-0.39, 0.29) is 29.4 Å². The number of nitro groups is 1. The van der Waals surface area contributed by atoms with E-state index in [1.807, 2.05) is 6.92 Å². The zero-order chi connectivity index (χ0) is 18.8. The number of anilines is 1. The summed E-state index contributed by atoms with van der Waals surface area (Å²) in [6.45, 7) is 1.81. The molecule has 9 heteroatoms. The molecule has 2 aromatic rings. The number of carbonyl (C=O) groups is 2. The fourth-order valence-corrected chi connectivity index (χ4v) is 2.63. The maximum absolute atomic E-state index is 12.3. The molecule has 2 aromatic carbocycles. The van der Waals surface area contributed by atoms with Gasteiger partial charge in [-0.1, -0.05) is 23.7 Å². The molecule has 0 aromatic heterocycles. The third-order valence-corrected chi connectivity index (χ3v) is 3.99. The van der Waals surface area contributed by atoms with Gasteiger partial charge in [0.2, 0.25) is 0 Å². The highest BCUT2D eigenvalue weighted by Gasteiger charge is 2.28. The van der Waals surface area contributed by atoms with Gasteiger partial charge in [-0.3, -0.25) is 19.7 Å². The Balaban J connectivity index is 1.81. The Morgan fingerprint density at radius 1 is 1.31 bits per heavy atom. The number of benzene rings is 2. The van der Waals surface area contributed by atoms with Crippen LogP contribution >= 0.6 is 11.6 Å². The Labute approximate surface area is 153 Å². The summed E-state index contributed by atoms with van der Waals surface area (Å²) < 4.78 is 0. The summed E-state index contributed by atoms with van der Waals surface area (Å²) in [4.78, 5) is 34.7. The van der Waals surface area contributed by atoms with E-state index in [1.54, 1.807) is 18.2 Å². The van der Waals surface area contributed by atoms with E-state index in [2.05, 4.69) is 10.4 Å². The second kappa shape index (κ2) is 6.93. The summed E-state index contributed by atoms with van der Waals surface area (Å²) in [7, 11) is 0. The SMILES string of the molecule is Cc1ccc(Cl)cc1N1N=C(NC(=O)c2cccc([N+](=O)[O-])c2)CC1=O. The maximum atomic E-state index is 12.3. The standard InChI is InChI=1S/C17H13ClN4O4/c1-10-5-6-12(18)8-14(10)21-16(23)9-15(20-21)19-17(24)11-3-2-4-13(7-11)22(25)26/h2-8H,9H2,1H3,(H,19,20,24). The predicted octanol–water partition coefficient (Wildman–Crippen LogP) is 3.04. The van der Waals surface area contributed by atoms with Crippen LogP contribution in [0.5, 0.6) is 0 Å². The van der Waals surface area contributed by atoms with Crippen molar-refractivity contribution in [2.75, 3.05) is 5.01 Å². The predicted molar refractivity (Wildman–Crippen MR) is 96.3 cm³/mol. The Morgan fingerprint density at radius 2 is 2.08 bits per heavy atom. The molecule has 0 unspecified atom stereocenters. The molecule has 8 nitrogen and oxygen atoms in total. The van der Waals surface area contributed by atoms with Crippen molar-refractivity contribution >= 4 is 40.6 Å². The smallest absolute Gasteiger partial charge is 0.270 e. The van der Waals surface area contributed by atoms with Crippen LogP contribution in [-0.4, -0.2) is 22.6 Å². The van der Waals surface area contributed by atoms with Gasteiger partial charge in [-0.05, 0) is 30.7 Å². The number of carbonyl (C=O) groups excluding carboxylic acids is 2. The molecule has 0 saturated carbocycles. The van der Waals surface area contributed by atoms with Crippen LogP contribution in [0.2, 0.25) is 5.02 Å². The van der Waals surface area contributed by atoms with E-state index in [0.717, 1.165) is 11.6 Å². The molecule has 0 saturated heterocycles. The molecule has 26 heavy (non-hydrogen) atoms. The number of aryl methyl sites for hydroxylation is 1. The van der Waals surface area contributed by atoms with Gasteiger partial charge >= 0.3 is 0 Å². The molecule has 2 amide bonds. The number of hydrazone groups is 1. The topological polar surface area (TPSA) is 105 Å². The van der Waals surface area contributed by atoms with Crippen LogP contribution < -0.4 is 10.3 Å². The minimum Gasteiger partial charge on any atom is -0.308 e. The van der Waals surface area contributed by atoms with Gasteiger partial charge in [-0.25, -0.2) is 0 Å². The van der Waals surface area contributed by atoms with Crippen molar-refractivity contribution in [3.63, 3.8) is 0 Å². The van der Waals surface area contributed by atoms with Gasteiger partial charge < -0.3 is 5.32 Å². The zero-order valence-electron chi connectivity index (χ0n) is 13.6. The molecule has 0 spiro atoms. The molecule has 0 bridgehead atoms. The normalized spacial score (nSPS) is 13.5. The Kier molecular flexibility index (Phi) is 4.68. The summed E-state index contributed by atoms with van der Waals surface area (Å²) in [5.74, 6) is -0.736. The average molecular weight is 373 g/mol. The fraction of sp³-hybridized carbons (Fsp3) is 0.118. The van der Waals surface area contributed by atoms with Crippen LogP contribution in [0.3, 0.4) is 0 Å². The molecular weight excluding hydrogens is 360 g/mol. The lowest BCUT2D eigenvalue weighted by Gasteiger charge is -2.14. The van der Waals surface area contributed by atoms with Gasteiger partial charge in [0, 0.05) is 22.7 Å². The summed E-state index contributed by atoms with van der Waals surface area (Å²) in [6.07, 6.45) is -0.0907. The minimum atomic E-state index is -0.586. The van der Waals surface area contributed by atoms with E-state index < -0.39 is 10.8 Å². The molecule has 0 atom stereocenters. The van der Waals surface area contributed by atoms with Gasteiger partial charge in [-0.15, -0.1) is 0 Å². The number of rotatable bonds is 3. The van der Waals surface area contributed by atoms with Crippen LogP contribution in [0.15, 0.2) is 47.6 Å². The second-order valence-corrected chi connectivity index (χ2v) is 6.06. The molecule has 0 fully saturated rings. The molecule has 1 heterocycles. The molecular formula is C17H13ClN4O4. The van der Waals surface area contributed by atoms with E-state index in [0.29, 0.717) is 10.7 Å². The molecule has 3 rings (SSSR count). The van der Waals surface area contributed by atoms with Crippen molar-refractivity contribution in [1.29, 1.82) is 0 Å². The summed E-state index contributed by atoms with van der Waals surface area (Å²) in [6, 6.07) is 10.4. The first-order valence-corrected chi connectivity index (χ1v) is 7.95. The highest BCUT2D eigenvalue weighted by Crippen LogP contribution is 2.27. The average Bonchev–Trinajstić information content (AvgIpc) is 2.97. The number of nitro benzene ring substituents is 1. The van der Waals surface area contributed by atoms with Crippen LogP contribution in [0, 0.1) is 17.0 Å². The minimum absolute atomic E-state index is 0.0907. The summed E-state index contributed by atoms with van der Waals surface area (Å²) in [5.41, 5.74) is 1.24. The molecule has 1 N–H and O–H groups in total.